The van der Waals surface area contributed by atoms with Crippen LogP contribution in [0.2, 0.25) is 0 Å². The van der Waals surface area contributed by atoms with E-state index in [9.17, 15) is 18.5 Å². The quantitative estimate of drug-likeness (QED) is 0.580. The van der Waals surface area contributed by atoms with Gasteiger partial charge in [-0.15, -0.1) is 0 Å². The molecule has 0 fully saturated rings. The topological polar surface area (TPSA) is 115 Å². The van der Waals surface area contributed by atoms with Gasteiger partial charge in [-0.25, -0.2) is 13.4 Å². The van der Waals surface area contributed by atoms with E-state index < -0.39 is 14.9 Å². The van der Waals surface area contributed by atoms with E-state index in [-0.39, 0.29) is 16.4 Å². The number of aromatic nitrogens is 2. The van der Waals surface area contributed by atoms with Crippen molar-refractivity contribution in [3.8, 4) is 0 Å². The van der Waals surface area contributed by atoms with Gasteiger partial charge in [0.1, 0.15) is 0 Å². The summed E-state index contributed by atoms with van der Waals surface area (Å²) in [5.74, 6) is 0.0372. The molecule has 0 aliphatic heterocycles. The second-order valence-electron chi connectivity index (χ2n) is 4.60. The van der Waals surface area contributed by atoms with Crippen LogP contribution < -0.4 is 4.72 Å². The van der Waals surface area contributed by atoms with Crippen molar-refractivity contribution in [1.29, 1.82) is 0 Å². The average molecular weight is 330 g/mol. The lowest BCUT2D eigenvalue weighted by atomic mass is 10.2. The Morgan fingerprint density at radius 1 is 1.04 bits per heavy atom. The van der Waals surface area contributed by atoms with Gasteiger partial charge in [-0.3, -0.25) is 19.8 Å². The zero-order chi connectivity index (χ0) is 16.4. The molecule has 0 amide bonds. The molecule has 1 heterocycles. The van der Waals surface area contributed by atoms with Crippen molar-refractivity contribution in [1.82, 2.24) is 9.97 Å². The Labute approximate surface area is 131 Å². The zero-order valence-electron chi connectivity index (χ0n) is 11.6. The molecule has 23 heavy (non-hydrogen) atoms. The lowest BCUT2D eigenvalue weighted by molar-refractivity contribution is -0.384. The van der Waals surface area contributed by atoms with Gasteiger partial charge >= 0.3 is 0 Å². The molecule has 0 atom stereocenters. The molecule has 8 nitrogen and oxygen atoms in total. The Morgan fingerprint density at radius 2 is 1.78 bits per heavy atom. The largest absolute Gasteiger partial charge is 0.271 e. The Morgan fingerprint density at radius 3 is 2.48 bits per heavy atom. The van der Waals surface area contributed by atoms with E-state index in [0.29, 0.717) is 11.0 Å². The van der Waals surface area contributed by atoms with Crippen LogP contribution in [-0.2, 0) is 10.0 Å². The van der Waals surface area contributed by atoms with Crippen LogP contribution in [-0.4, -0.2) is 23.3 Å². The highest BCUT2D eigenvalue weighted by atomic mass is 32.2. The molecule has 2 aromatic carbocycles. The third-order valence-electron chi connectivity index (χ3n) is 3.03. The fourth-order valence-corrected chi connectivity index (χ4v) is 2.97. The standard InChI is InChI=1S/C14H10N4O4S/c19-18(20)10-6-7-12-13(8-10)15-9-14(16-12)17-23(21,22)11-4-2-1-3-5-11/h1-9H,(H,16,17). The van der Waals surface area contributed by atoms with Crippen molar-refractivity contribution in [3.05, 3.63) is 64.8 Å². The van der Waals surface area contributed by atoms with Crippen LogP contribution in [0.5, 0.6) is 0 Å². The third-order valence-corrected chi connectivity index (χ3v) is 4.40. The highest BCUT2D eigenvalue weighted by Gasteiger charge is 2.15. The number of hydrogen-bond acceptors (Lipinski definition) is 6. The summed E-state index contributed by atoms with van der Waals surface area (Å²) >= 11 is 0. The van der Waals surface area contributed by atoms with Crippen LogP contribution in [0.1, 0.15) is 0 Å². The van der Waals surface area contributed by atoms with Gasteiger partial charge in [-0.2, -0.15) is 0 Å². The number of nitrogens with zero attached hydrogens (tertiary/aromatic N) is 3. The first-order valence-corrected chi connectivity index (χ1v) is 7.93. The van der Waals surface area contributed by atoms with Crippen molar-refractivity contribution in [3.63, 3.8) is 0 Å². The van der Waals surface area contributed by atoms with E-state index in [0.717, 1.165) is 0 Å². The van der Waals surface area contributed by atoms with Crippen LogP contribution >= 0.6 is 0 Å². The first-order valence-electron chi connectivity index (χ1n) is 6.45. The van der Waals surface area contributed by atoms with Gasteiger partial charge in [-0.05, 0) is 18.2 Å². The van der Waals surface area contributed by atoms with Crippen molar-refractivity contribution in [2.45, 2.75) is 4.90 Å². The number of rotatable bonds is 4. The molecule has 9 heteroatoms. The van der Waals surface area contributed by atoms with Crippen molar-refractivity contribution < 1.29 is 13.3 Å². The molecule has 0 spiro atoms. The molecule has 0 unspecified atom stereocenters. The summed E-state index contributed by atoms with van der Waals surface area (Å²) in [6.45, 7) is 0. The summed E-state index contributed by atoms with van der Waals surface area (Å²) in [6.07, 6.45) is 1.21. The SMILES string of the molecule is O=[N+]([O-])c1ccc2nc(NS(=O)(=O)c3ccccc3)cnc2c1. The number of fused-ring (bicyclic) bond motifs is 1. The molecule has 0 bridgehead atoms. The van der Waals surface area contributed by atoms with Gasteiger partial charge in [0.25, 0.3) is 15.7 Å². The maximum absolute atomic E-state index is 12.2. The predicted octanol–water partition coefficient (Wildman–Crippen LogP) is 2.34. The number of nitrogens with one attached hydrogen (secondary N) is 1. The van der Waals surface area contributed by atoms with E-state index in [4.69, 9.17) is 0 Å². The first kappa shape index (κ1) is 14.9. The van der Waals surface area contributed by atoms with Gasteiger partial charge in [0.2, 0.25) is 0 Å². The molecular weight excluding hydrogens is 320 g/mol. The minimum atomic E-state index is -3.76. The van der Waals surface area contributed by atoms with Crippen LogP contribution in [0.4, 0.5) is 11.5 Å². The van der Waals surface area contributed by atoms with Crippen molar-refractivity contribution >= 4 is 32.6 Å². The monoisotopic (exact) mass is 330 g/mol. The maximum Gasteiger partial charge on any atom is 0.271 e. The maximum atomic E-state index is 12.2. The summed E-state index contributed by atoms with van der Waals surface area (Å²) < 4.78 is 26.8. The number of anilines is 1. The second-order valence-corrected chi connectivity index (χ2v) is 6.29. The Kier molecular flexibility index (Phi) is 3.62. The lowest BCUT2D eigenvalue weighted by Gasteiger charge is -2.07. The molecular formula is C14H10N4O4S. The second kappa shape index (κ2) is 5.61. The van der Waals surface area contributed by atoms with Crippen LogP contribution in [0.3, 0.4) is 0 Å². The van der Waals surface area contributed by atoms with Crippen molar-refractivity contribution in [2.24, 2.45) is 0 Å². The number of nitro groups is 1. The predicted molar refractivity (Wildman–Crippen MR) is 83.4 cm³/mol. The zero-order valence-corrected chi connectivity index (χ0v) is 12.4. The summed E-state index contributed by atoms with van der Waals surface area (Å²) in [6, 6.07) is 11.8. The summed E-state index contributed by atoms with van der Waals surface area (Å²) in [7, 11) is -3.76. The third kappa shape index (κ3) is 3.09. The van der Waals surface area contributed by atoms with Crippen molar-refractivity contribution in [2.75, 3.05) is 4.72 Å². The van der Waals surface area contributed by atoms with Gasteiger partial charge in [0, 0.05) is 12.1 Å². The minimum absolute atomic E-state index is 0.0372. The summed E-state index contributed by atoms with van der Waals surface area (Å²) in [5.41, 5.74) is 0.551. The summed E-state index contributed by atoms with van der Waals surface area (Å²) in [5, 5.41) is 10.7. The van der Waals surface area contributed by atoms with Crippen LogP contribution in [0, 0.1) is 10.1 Å². The Bertz CT molecular complexity index is 990. The molecule has 3 aromatic rings. The van der Waals surface area contributed by atoms with Crippen LogP contribution in [0.25, 0.3) is 11.0 Å². The fourth-order valence-electron chi connectivity index (χ4n) is 1.96. The molecule has 0 saturated heterocycles. The van der Waals surface area contributed by atoms with E-state index in [1.165, 1.54) is 36.5 Å². The summed E-state index contributed by atoms with van der Waals surface area (Å²) in [4.78, 5) is 18.4. The molecule has 0 aliphatic rings. The number of nitro benzene ring substituents is 1. The highest BCUT2D eigenvalue weighted by molar-refractivity contribution is 7.92. The van der Waals surface area contributed by atoms with E-state index >= 15 is 0 Å². The first-order chi connectivity index (χ1) is 11.0. The molecule has 3 rings (SSSR count). The Balaban J connectivity index is 1.95. The van der Waals surface area contributed by atoms with E-state index in [1.807, 2.05) is 0 Å². The van der Waals surface area contributed by atoms with Gasteiger partial charge in [0.15, 0.2) is 5.82 Å². The lowest BCUT2D eigenvalue weighted by Crippen LogP contribution is -2.14. The minimum Gasteiger partial charge on any atom is -0.262 e. The van der Waals surface area contributed by atoms with Crippen LogP contribution in [0.15, 0.2) is 59.6 Å². The number of benzene rings is 2. The molecule has 1 N–H and O–H groups in total. The van der Waals surface area contributed by atoms with Gasteiger partial charge in [-0.1, -0.05) is 18.2 Å². The number of hydrogen-bond donors (Lipinski definition) is 1. The smallest absolute Gasteiger partial charge is 0.262 e. The molecule has 116 valence electrons. The normalized spacial score (nSPS) is 11.3. The number of non-ortho nitro benzene ring substituents is 1. The van der Waals surface area contributed by atoms with Gasteiger partial charge < -0.3 is 0 Å². The molecule has 0 saturated carbocycles. The Hall–Kier alpha value is -3.07. The van der Waals surface area contributed by atoms with Gasteiger partial charge in [0.05, 0.1) is 27.0 Å². The van der Waals surface area contributed by atoms with E-state index in [1.54, 1.807) is 18.2 Å². The van der Waals surface area contributed by atoms with E-state index in [2.05, 4.69) is 14.7 Å². The number of sulfonamides is 1. The average Bonchev–Trinajstić information content (AvgIpc) is 2.54. The molecule has 1 aromatic heterocycles. The molecule has 0 radical (unpaired) electrons. The molecule has 0 aliphatic carbocycles. The fraction of sp³-hybridized carbons (Fsp3) is 0. The highest BCUT2D eigenvalue weighted by Crippen LogP contribution is 2.20.